The molecule has 0 aromatic heterocycles. The molecule has 15 saturated carbocycles. The second-order valence-corrected chi connectivity index (χ2v) is 40.6. The summed E-state index contributed by atoms with van der Waals surface area (Å²) < 4.78 is 29.0. The number of rotatable bonds is 19. The first-order valence-electron chi connectivity index (χ1n) is 45.3. The first-order valence-corrected chi connectivity index (χ1v) is 45.3. The van der Waals surface area contributed by atoms with Crippen molar-refractivity contribution >= 4 is 29.8 Å². The fraction of sp³-hybridized carbons (Fsp3) is 0.946. The Balaban J connectivity index is 0.000000123. The van der Waals surface area contributed by atoms with E-state index in [1.807, 2.05) is 34.6 Å². The molecule has 586 valence electrons. The van der Waals surface area contributed by atoms with Crippen LogP contribution in [0.15, 0.2) is 0 Å². The van der Waals surface area contributed by atoms with Crippen molar-refractivity contribution in [3.8, 4) is 0 Å². The summed E-state index contributed by atoms with van der Waals surface area (Å²) in [7, 11) is 0. The Bertz CT molecular complexity index is 2860. The van der Waals surface area contributed by atoms with Gasteiger partial charge in [0.25, 0.3) is 0 Å². The van der Waals surface area contributed by atoms with Gasteiger partial charge < -0.3 is 23.7 Å². The Morgan fingerprint density at radius 2 is 0.680 bits per heavy atom. The fourth-order valence-electron chi connectivity index (χ4n) is 30.0. The van der Waals surface area contributed by atoms with Gasteiger partial charge in [0.2, 0.25) is 0 Å². The highest BCUT2D eigenvalue weighted by Gasteiger charge is 2.66. The van der Waals surface area contributed by atoms with Crippen LogP contribution in [0.5, 0.6) is 0 Å². The summed E-state index contributed by atoms with van der Waals surface area (Å²) in [6.45, 7) is 40.5. The fourth-order valence-corrected chi connectivity index (χ4v) is 30.0. The summed E-state index contributed by atoms with van der Waals surface area (Å²) in [5, 5.41) is 0. The number of fused-ring (bicyclic) bond motifs is 21. The molecule has 0 N–H and O–H groups in total. The smallest absolute Gasteiger partial charge is 0.309 e. The molecule has 16 fully saturated rings. The molecule has 32 unspecified atom stereocenters. The van der Waals surface area contributed by atoms with E-state index in [1.165, 1.54) is 141 Å². The predicted octanol–water partition coefficient (Wildman–Crippen LogP) is 22.8. The maximum absolute atomic E-state index is 13.1. The van der Waals surface area contributed by atoms with Crippen LogP contribution in [-0.4, -0.2) is 58.9 Å². The van der Waals surface area contributed by atoms with Crippen molar-refractivity contribution in [1.29, 1.82) is 0 Å². The van der Waals surface area contributed by atoms with Gasteiger partial charge in [-0.1, -0.05) is 147 Å². The molecule has 0 amide bonds. The van der Waals surface area contributed by atoms with Gasteiger partial charge in [0.05, 0.1) is 36.2 Å². The zero-order valence-electron chi connectivity index (χ0n) is 69.1. The van der Waals surface area contributed by atoms with Gasteiger partial charge >= 0.3 is 29.8 Å². The molecule has 1 aliphatic heterocycles. The van der Waals surface area contributed by atoms with E-state index in [1.54, 1.807) is 0 Å². The van der Waals surface area contributed by atoms with Gasteiger partial charge in [0.15, 0.2) is 0 Å². The van der Waals surface area contributed by atoms with Crippen LogP contribution in [-0.2, 0) is 47.7 Å². The standard InChI is InChI=1S/C22H36O2.C21H34O2.C20H34O2.C19H32O2.C11H18O2/c1-4-14-11-15(5-2)20-17-12-16(19(14)20)13-18(17)21(23)24-22(6-3)9-7-8-10-22;1-4-13-10-14(5-2)19-16-11-15(18(13)19)12-17(16)20(22)23-21(3)8-6-7-9-21;1-6-12-9-13(7-2)18-15-10-14(17(12)18)11-16(15)19(21)22-20(4,5)8-3;1-6-11-8-12(7-2)17-14-9-13(16(11)17)10-15(14)18(20)21-19(3,4)5;1-3-7-5-8(4-2)10-9(7)6-13-11(10)12/h14-20H,4-13H2,1-3H3;13-19H,4-12H2,1-3H3;12-18H,6-11H2,1-5H3;11-17H,6-10H2,1-5H3;7-10H,3-6H2,1-2H3. The Kier molecular flexibility index (Phi) is 25.4. The van der Waals surface area contributed by atoms with Crippen molar-refractivity contribution in [2.75, 3.05) is 6.61 Å². The van der Waals surface area contributed by atoms with Gasteiger partial charge in [-0.05, 0) is 343 Å². The molecular formula is C93H154O10. The topological polar surface area (TPSA) is 132 Å². The van der Waals surface area contributed by atoms with Crippen LogP contribution in [0.25, 0.3) is 0 Å². The summed E-state index contributed by atoms with van der Waals surface area (Å²) in [6, 6.07) is 0. The van der Waals surface area contributed by atoms with Gasteiger partial charge in [0.1, 0.15) is 22.4 Å². The molecule has 16 rings (SSSR count). The molecule has 103 heavy (non-hydrogen) atoms. The molecule has 16 aliphatic rings. The van der Waals surface area contributed by atoms with E-state index in [2.05, 4.69) is 90.0 Å². The lowest BCUT2D eigenvalue weighted by molar-refractivity contribution is -0.168. The Hall–Kier alpha value is -2.65. The minimum atomic E-state index is -0.343. The van der Waals surface area contributed by atoms with Crippen LogP contribution in [0.3, 0.4) is 0 Å². The molecular weight excluding hydrogens is 1280 g/mol. The monoisotopic (exact) mass is 1430 g/mol. The number of esters is 5. The number of hydrogen-bond acceptors (Lipinski definition) is 10. The quantitative estimate of drug-likeness (QED) is 0.0910. The van der Waals surface area contributed by atoms with Gasteiger partial charge in [-0.2, -0.15) is 0 Å². The molecule has 0 spiro atoms. The molecule has 32 atom stereocenters. The van der Waals surface area contributed by atoms with Crippen molar-refractivity contribution in [3.05, 3.63) is 0 Å². The van der Waals surface area contributed by atoms with E-state index in [4.69, 9.17) is 23.7 Å². The van der Waals surface area contributed by atoms with Crippen LogP contribution in [0.1, 0.15) is 337 Å². The summed E-state index contributed by atoms with van der Waals surface area (Å²) in [4.78, 5) is 62.7. The third-order valence-electron chi connectivity index (χ3n) is 34.7. The van der Waals surface area contributed by atoms with Gasteiger partial charge in [-0.15, -0.1) is 0 Å². The van der Waals surface area contributed by atoms with Gasteiger partial charge in [-0.25, -0.2) is 0 Å². The molecule has 1 heterocycles. The van der Waals surface area contributed by atoms with Crippen LogP contribution >= 0.6 is 0 Å². The molecule has 0 radical (unpaired) electrons. The maximum Gasteiger partial charge on any atom is 0.309 e. The SMILES string of the molecule is CCC1CC(CC)C2C(=O)OCC12.CCC1CC(CC)C2C3CC(CC3C(=O)OC(C)(C)C)C12.CCC1CC(CC)C2C3CC(CC3C(=O)OC(C)(C)CC)C12.CCC1CC(CC)C2C3CC(CC3C(=O)OC3(C)CCCC3)C12.CCC1CC(CC)C2C3CC(CC3C(=O)OC3(CC)CCCC3)C12. The minimum absolute atomic E-state index is 0.0767. The lowest BCUT2D eigenvalue weighted by Crippen LogP contribution is -2.39. The molecule has 10 heteroatoms. The van der Waals surface area contributed by atoms with Crippen LogP contribution in [0.4, 0.5) is 0 Å². The van der Waals surface area contributed by atoms with E-state index >= 15 is 0 Å². The predicted molar refractivity (Wildman–Crippen MR) is 412 cm³/mol. The van der Waals surface area contributed by atoms with Crippen LogP contribution < -0.4 is 0 Å². The second kappa shape index (κ2) is 32.7. The normalized spacial score (nSPS) is 45.0. The zero-order valence-corrected chi connectivity index (χ0v) is 69.1. The molecule has 0 aromatic carbocycles. The van der Waals surface area contributed by atoms with E-state index < -0.39 is 0 Å². The highest BCUT2D eigenvalue weighted by atomic mass is 16.6. The summed E-state index contributed by atoms with van der Waals surface area (Å²) in [5.74, 6) is 23.5. The van der Waals surface area contributed by atoms with Gasteiger partial charge in [-0.3, -0.25) is 24.0 Å². The van der Waals surface area contributed by atoms with Crippen molar-refractivity contribution in [2.24, 2.45) is 189 Å². The zero-order chi connectivity index (χ0) is 73.9. The Labute approximate surface area is 629 Å². The van der Waals surface area contributed by atoms with E-state index in [0.29, 0.717) is 42.1 Å². The van der Waals surface area contributed by atoms with Crippen LogP contribution in [0, 0.1) is 189 Å². The Morgan fingerprint density at radius 1 is 0.369 bits per heavy atom. The molecule has 15 aliphatic carbocycles. The first kappa shape index (κ1) is 79.9. The van der Waals surface area contributed by atoms with E-state index in [-0.39, 0.29) is 81.8 Å². The average molecular weight is 1430 g/mol. The van der Waals surface area contributed by atoms with Crippen molar-refractivity contribution < 1.29 is 47.7 Å². The lowest BCUT2D eigenvalue weighted by atomic mass is 9.70. The number of cyclic esters (lactones) is 1. The van der Waals surface area contributed by atoms with E-state index in [9.17, 15) is 24.0 Å². The molecule has 1 saturated heterocycles. The first-order chi connectivity index (χ1) is 49.2. The lowest BCUT2D eigenvalue weighted by Gasteiger charge is -2.37. The summed E-state index contributed by atoms with van der Waals surface area (Å²) in [5.41, 5.74) is -0.900. The molecule has 0 aromatic rings. The number of ether oxygens (including phenoxy) is 5. The highest BCUT2D eigenvalue weighted by Crippen LogP contribution is 2.70. The molecule has 10 nitrogen and oxygen atoms in total. The number of carbonyl (C=O) groups is 5. The summed E-state index contributed by atoms with van der Waals surface area (Å²) >= 11 is 0. The third kappa shape index (κ3) is 15.5. The largest absolute Gasteiger partial charge is 0.465 e. The van der Waals surface area contributed by atoms with Crippen molar-refractivity contribution in [3.63, 3.8) is 0 Å². The minimum Gasteiger partial charge on any atom is -0.465 e. The second-order valence-electron chi connectivity index (χ2n) is 40.6. The highest BCUT2D eigenvalue weighted by molar-refractivity contribution is 5.77. The number of hydrogen-bond donors (Lipinski definition) is 0. The number of carbonyl (C=O) groups excluding carboxylic acids is 5. The van der Waals surface area contributed by atoms with Crippen LogP contribution in [0.2, 0.25) is 0 Å². The molecule has 8 bridgehead atoms. The van der Waals surface area contributed by atoms with Gasteiger partial charge in [0, 0.05) is 5.92 Å². The van der Waals surface area contributed by atoms with Crippen molar-refractivity contribution in [1.82, 2.24) is 0 Å². The van der Waals surface area contributed by atoms with Crippen molar-refractivity contribution in [2.45, 2.75) is 359 Å². The third-order valence-corrected chi connectivity index (χ3v) is 34.7. The average Bonchev–Trinajstić information content (AvgIpc) is 1.58. The maximum atomic E-state index is 13.1. The summed E-state index contributed by atoms with van der Waals surface area (Å²) in [6.07, 6.45) is 40.7. The van der Waals surface area contributed by atoms with E-state index in [0.717, 1.165) is 195 Å². The Morgan fingerprint density at radius 3 is 1.01 bits per heavy atom.